The third kappa shape index (κ3) is 4.86. The normalized spacial score (nSPS) is 20.2. The molecule has 0 saturated carbocycles. The van der Waals surface area contributed by atoms with Crippen LogP contribution in [0.5, 0.6) is 11.5 Å². The lowest BCUT2D eigenvalue weighted by atomic mass is 10.1. The zero-order chi connectivity index (χ0) is 20.9. The number of methoxy groups -OCH3 is 1. The van der Waals surface area contributed by atoms with Crippen LogP contribution in [-0.4, -0.2) is 41.5 Å². The minimum atomic E-state index is -0.0659. The van der Waals surface area contributed by atoms with E-state index in [9.17, 15) is 4.79 Å². The van der Waals surface area contributed by atoms with Crippen molar-refractivity contribution >= 4 is 40.3 Å². The maximum atomic E-state index is 12.8. The van der Waals surface area contributed by atoms with Crippen molar-refractivity contribution in [3.05, 3.63) is 64.6 Å². The van der Waals surface area contributed by atoms with E-state index in [1.54, 1.807) is 12.0 Å². The zero-order valence-electron chi connectivity index (χ0n) is 16.7. The van der Waals surface area contributed by atoms with E-state index in [0.29, 0.717) is 33.9 Å². The van der Waals surface area contributed by atoms with E-state index < -0.39 is 0 Å². The average molecular weight is 442 g/mol. The molecular formula is C23H23NO4S2. The Bertz CT molecular complexity index is 955. The summed E-state index contributed by atoms with van der Waals surface area (Å²) in [5.74, 6) is 1.21. The third-order valence-electron chi connectivity index (χ3n) is 5.01. The predicted octanol–water partition coefficient (Wildman–Crippen LogP) is 4.65. The number of rotatable bonds is 7. The maximum absolute atomic E-state index is 12.8. The van der Waals surface area contributed by atoms with Gasteiger partial charge in [-0.25, -0.2) is 0 Å². The largest absolute Gasteiger partial charge is 0.493 e. The Hall–Kier alpha value is -2.35. The van der Waals surface area contributed by atoms with Gasteiger partial charge in [0.1, 0.15) is 10.9 Å². The average Bonchev–Trinajstić information content (AvgIpc) is 3.37. The number of hydrogen-bond acceptors (Lipinski definition) is 6. The number of nitrogens with zero attached hydrogens (tertiary/aromatic N) is 1. The second kappa shape index (κ2) is 9.64. The number of carbonyl (C=O) groups is 1. The van der Waals surface area contributed by atoms with Crippen molar-refractivity contribution in [2.45, 2.75) is 25.6 Å². The highest BCUT2D eigenvalue weighted by Gasteiger charge is 2.34. The second-order valence-electron chi connectivity index (χ2n) is 7.11. The van der Waals surface area contributed by atoms with Crippen LogP contribution in [0.4, 0.5) is 0 Å². The molecule has 7 heteroatoms. The molecule has 0 bridgehead atoms. The van der Waals surface area contributed by atoms with Gasteiger partial charge in [0.25, 0.3) is 5.91 Å². The van der Waals surface area contributed by atoms with Crippen LogP contribution in [0.1, 0.15) is 24.0 Å². The van der Waals surface area contributed by atoms with Gasteiger partial charge in [-0.05, 0) is 42.2 Å². The van der Waals surface area contributed by atoms with Crippen molar-refractivity contribution in [1.29, 1.82) is 0 Å². The molecule has 1 unspecified atom stereocenters. The van der Waals surface area contributed by atoms with Gasteiger partial charge < -0.3 is 14.2 Å². The standard InChI is InChI=1S/C23H23NO4S2/c1-26-20-12-17(9-10-19(20)28-15-16-6-3-2-4-7-16)13-21-22(25)24(23(29)30-21)14-18-8-5-11-27-18/h2-4,6-7,9-10,12-13,18H,5,8,11,14-15H2,1H3. The molecule has 0 N–H and O–H groups in total. The maximum Gasteiger partial charge on any atom is 0.266 e. The first-order valence-corrected chi connectivity index (χ1v) is 11.1. The first kappa shape index (κ1) is 20.9. The molecule has 0 radical (unpaired) electrons. The van der Waals surface area contributed by atoms with Crippen LogP contribution >= 0.6 is 24.0 Å². The van der Waals surface area contributed by atoms with Gasteiger partial charge in [-0.15, -0.1) is 0 Å². The molecule has 1 atom stereocenters. The summed E-state index contributed by atoms with van der Waals surface area (Å²) in [6, 6.07) is 15.6. The molecule has 2 aliphatic rings. The summed E-state index contributed by atoms with van der Waals surface area (Å²) < 4.78 is 17.6. The molecule has 2 heterocycles. The molecule has 30 heavy (non-hydrogen) atoms. The van der Waals surface area contributed by atoms with Crippen LogP contribution < -0.4 is 9.47 Å². The molecule has 2 aliphatic heterocycles. The number of thiocarbonyl (C=S) groups is 1. The highest BCUT2D eigenvalue weighted by molar-refractivity contribution is 8.26. The van der Waals surface area contributed by atoms with E-state index >= 15 is 0 Å². The summed E-state index contributed by atoms with van der Waals surface area (Å²) in [6.45, 7) is 1.74. The Kier molecular flexibility index (Phi) is 6.72. The van der Waals surface area contributed by atoms with Crippen LogP contribution in [0.15, 0.2) is 53.4 Å². The SMILES string of the molecule is COc1cc(C=C2SC(=S)N(CC3CCCO3)C2=O)ccc1OCc1ccccc1. The second-order valence-corrected chi connectivity index (χ2v) is 8.79. The van der Waals surface area contributed by atoms with Crippen LogP contribution in [0, 0.1) is 0 Å². The molecule has 2 saturated heterocycles. The number of amides is 1. The fraction of sp³-hybridized carbons (Fsp3) is 0.304. The molecule has 5 nitrogen and oxygen atoms in total. The first-order valence-electron chi connectivity index (χ1n) is 9.86. The van der Waals surface area contributed by atoms with E-state index in [1.165, 1.54) is 11.8 Å². The molecule has 2 fully saturated rings. The molecule has 156 valence electrons. The molecule has 4 rings (SSSR count). The van der Waals surface area contributed by atoms with Crippen molar-refractivity contribution in [3.63, 3.8) is 0 Å². The molecule has 2 aromatic carbocycles. The van der Waals surface area contributed by atoms with Gasteiger partial charge >= 0.3 is 0 Å². The molecule has 0 spiro atoms. The summed E-state index contributed by atoms with van der Waals surface area (Å²) in [4.78, 5) is 15.1. The topological polar surface area (TPSA) is 48.0 Å². The predicted molar refractivity (Wildman–Crippen MR) is 123 cm³/mol. The van der Waals surface area contributed by atoms with E-state index in [-0.39, 0.29) is 12.0 Å². The van der Waals surface area contributed by atoms with E-state index in [1.807, 2.05) is 54.6 Å². The van der Waals surface area contributed by atoms with Gasteiger partial charge in [0.15, 0.2) is 11.5 Å². The number of benzene rings is 2. The van der Waals surface area contributed by atoms with Gasteiger partial charge in [0, 0.05) is 6.61 Å². The highest BCUT2D eigenvalue weighted by atomic mass is 32.2. The van der Waals surface area contributed by atoms with Crippen LogP contribution in [-0.2, 0) is 16.1 Å². The van der Waals surface area contributed by atoms with E-state index in [4.69, 9.17) is 26.4 Å². The summed E-state index contributed by atoms with van der Waals surface area (Å²) >= 11 is 6.75. The van der Waals surface area contributed by atoms with Gasteiger partial charge in [-0.2, -0.15) is 0 Å². The Balaban J connectivity index is 1.46. The quantitative estimate of drug-likeness (QED) is 0.460. The van der Waals surface area contributed by atoms with Crippen LogP contribution in [0.25, 0.3) is 6.08 Å². The molecule has 0 aromatic heterocycles. The van der Waals surface area contributed by atoms with Crippen molar-refractivity contribution in [1.82, 2.24) is 4.90 Å². The lowest BCUT2D eigenvalue weighted by Gasteiger charge is -2.18. The zero-order valence-corrected chi connectivity index (χ0v) is 18.3. The van der Waals surface area contributed by atoms with Crippen LogP contribution in [0.2, 0.25) is 0 Å². The fourth-order valence-electron chi connectivity index (χ4n) is 3.43. The van der Waals surface area contributed by atoms with Crippen molar-refractivity contribution < 1.29 is 19.0 Å². The first-order chi connectivity index (χ1) is 14.6. The summed E-state index contributed by atoms with van der Waals surface area (Å²) in [7, 11) is 1.61. The fourth-order valence-corrected chi connectivity index (χ4v) is 4.70. The highest BCUT2D eigenvalue weighted by Crippen LogP contribution is 2.35. The van der Waals surface area contributed by atoms with Crippen molar-refractivity contribution in [3.8, 4) is 11.5 Å². The van der Waals surface area contributed by atoms with E-state index in [0.717, 1.165) is 30.6 Å². The lowest BCUT2D eigenvalue weighted by molar-refractivity contribution is -0.123. The van der Waals surface area contributed by atoms with Crippen molar-refractivity contribution in [2.75, 3.05) is 20.3 Å². The Morgan fingerprint density at radius 1 is 1.23 bits per heavy atom. The molecule has 2 aromatic rings. The Morgan fingerprint density at radius 3 is 2.80 bits per heavy atom. The van der Waals surface area contributed by atoms with Crippen molar-refractivity contribution in [2.24, 2.45) is 0 Å². The monoisotopic (exact) mass is 441 g/mol. The van der Waals surface area contributed by atoms with Crippen LogP contribution in [0.3, 0.4) is 0 Å². The smallest absolute Gasteiger partial charge is 0.266 e. The lowest BCUT2D eigenvalue weighted by Crippen LogP contribution is -2.35. The number of carbonyl (C=O) groups excluding carboxylic acids is 1. The van der Waals surface area contributed by atoms with Gasteiger partial charge in [0.05, 0.1) is 24.7 Å². The van der Waals surface area contributed by atoms with Gasteiger partial charge in [0.2, 0.25) is 0 Å². The summed E-state index contributed by atoms with van der Waals surface area (Å²) in [5, 5.41) is 0. The molecule has 1 amide bonds. The summed E-state index contributed by atoms with van der Waals surface area (Å²) in [5.41, 5.74) is 1.94. The number of ether oxygens (including phenoxy) is 3. The molecular weight excluding hydrogens is 418 g/mol. The Morgan fingerprint density at radius 2 is 2.07 bits per heavy atom. The third-order valence-corrected chi connectivity index (χ3v) is 6.38. The van der Waals surface area contributed by atoms with Gasteiger partial charge in [-0.3, -0.25) is 9.69 Å². The minimum Gasteiger partial charge on any atom is -0.493 e. The summed E-state index contributed by atoms with van der Waals surface area (Å²) in [6.07, 6.45) is 3.93. The Labute approximate surface area is 186 Å². The van der Waals surface area contributed by atoms with E-state index in [2.05, 4.69) is 0 Å². The number of hydrogen-bond donors (Lipinski definition) is 0. The minimum absolute atomic E-state index is 0.0659. The molecule has 0 aliphatic carbocycles. The number of thioether (sulfide) groups is 1. The van der Waals surface area contributed by atoms with Gasteiger partial charge in [-0.1, -0.05) is 60.4 Å².